The molecule has 1 atom stereocenters. The molecule has 124 valence electrons. The van der Waals surface area contributed by atoms with Gasteiger partial charge in [0.05, 0.1) is 20.3 Å². The van der Waals surface area contributed by atoms with E-state index in [0.29, 0.717) is 6.54 Å². The van der Waals surface area contributed by atoms with Crippen LogP contribution in [0, 0.1) is 0 Å². The van der Waals surface area contributed by atoms with Crippen LogP contribution in [0.25, 0.3) is 0 Å². The SMILES string of the molecule is COc1cccc(C(O)CN(C)CCc2ccccc2OC)c1. The number of hydrogen-bond acceptors (Lipinski definition) is 4. The van der Waals surface area contributed by atoms with Gasteiger partial charge in [-0.3, -0.25) is 0 Å². The van der Waals surface area contributed by atoms with Gasteiger partial charge in [-0.05, 0) is 42.8 Å². The molecule has 2 aromatic carbocycles. The lowest BCUT2D eigenvalue weighted by molar-refractivity contribution is 0.127. The largest absolute Gasteiger partial charge is 0.497 e. The number of methoxy groups -OCH3 is 2. The van der Waals surface area contributed by atoms with E-state index in [-0.39, 0.29) is 0 Å². The average Bonchev–Trinajstić information content (AvgIpc) is 2.60. The van der Waals surface area contributed by atoms with Crippen LogP contribution in [-0.4, -0.2) is 44.4 Å². The molecule has 23 heavy (non-hydrogen) atoms. The standard InChI is InChI=1S/C19H25NO3/c1-20(12-11-15-7-4-5-10-19(15)23-3)14-18(21)16-8-6-9-17(13-16)22-2/h4-10,13,18,21H,11-12,14H2,1-3H3. The van der Waals surface area contributed by atoms with Crippen molar-refractivity contribution in [1.82, 2.24) is 4.90 Å². The van der Waals surface area contributed by atoms with Gasteiger partial charge in [0, 0.05) is 13.1 Å². The minimum absolute atomic E-state index is 0.534. The van der Waals surface area contributed by atoms with Gasteiger partial charge in [0.25, 0.3) is 0 Å². The van der Waals surface area contributed by atoms with Gasteiger partial charge in [0.1, 0.15) is 11.5 Å². The Balaban J connectivity index is 1.89. The van der Waals surface area contributed by atoms with Crippen molar-refractivity contribution in [2.75, 3.05) is 34.4 Å². The van der Waals surface area contributed by atoms with E-state index in [1.165, 1.54) is 5.56 Å². The zero-order valence-corrected chi connectivity index (χ0v) is 14.0. The van der Waals surface area contributed by atoms with E-state index < -0.39 is 6.10 Å². The zero-order valence-electron chi connectivity index (χ0n) is 14.0. The van der Waals surface area contributed by atoms with Crippen LogP contribution in [0.5, 0.6) is 11.5 Å². The van der Waals surface area contributed by atoms with Crippen molar-refractivity contribution in [2.24, 2.45) is 0 Å². The minimum atomic E-state index is -0.534. The lowest BCUT2D eigenvalue weighted by atomic mass is 10.1. The zero-order chi connectivity index (χ0) is 16.7. The van der Waals surface area contributed by atoms with E-state index in [9.17, 15) is 5.11 Å². The maximum Gasteiger partial charge on any atom is 0.122 e. The molecule has 0 fully saturated rings. The molecule has 4 heteroatoms. The summed E-state index contributed by atoms with van der Waals surface area (Å²) in [5.41, 5.74) is 2.05. The number of benzene rings is 2. The molecular weight excluding hydrogens is 290 g/mol. The molecule has 0 heterocycles. The summed E-state index contributed by atoms with van der Waals surface area (Å²) in [5.74, 6) is 1.67. The van der Waals surface area contributed by atoms with Crippen LogP contribution in [0.4, 0.5) is 0 Å². The van der Waals surface area contributed by atoms with Crippen LogP contribution in [0.2, 0.25) is 0 Å². The molecule has 0 saturated carbocycles. The Morgan fingerprint density at radius 3 is 2.57 bits per heavy atom. The quantitative estimate of drug-likeness (QED) is 0.813. The molecule has 2 rings (SSSR count). The number of rotatable bonds is 8. The highest BCUT2D eigenvalue weighted by Crippen LogP contribution is 2.21. The van der Waals surface area contributed by atoms with E-state index in [4.69, 9.17) is 9.47 Å². The molecule has 0 amide bonds. The van der Waals surface area contributed by atoms with Crippen LogP contribution in [-0.2, 0) is 6.42 Å². The Bertz CT molecular complexity index is 615. The van der Waals surface area contributed by atoms with Crippen molar-refractivity contribution in [2.45, 2.75) is 12.5 Å². The Kier molecular flexibility index (Phi) is 6.44. The van der Waals surface area contributed by atoms with Gasteiger partial charge in [-0.25, -0.2) is 0 Å². The number of para-hydroxylation sites is 1. The maximum atomic E-state index is 10.4. The highest BCUT2D eigenvalue weighted by Gasteiger charge is 2.12. The Hall–Kier alpha value is -2.04. The molecule has 2 aromatic rings. The van der Waals surface area contributed by atoms with Crippen LogP contribution in [0.15, 0.2) is 48.5 Å². The van der Waals surface area contributed by atoms with Crippen LogP contribution in [0.3, 0.4) is 0 Å². The van der Waals surface area contributed by atoms with E-state index in [0.717, 1.165) is 30.0 Å². The molecule has 0 aliphatic rings. The summed E-state index contributed by atoms with van der Waals surface area (Å²) in [7, 11) is 5.33. The van der Waals surface area contributed by atoms with Crippen LogP contribution < -0.4 is 9.47 Å². The van der Waals surface area contributed by atoms with Crippen molar-refractivity contribution in [3.8, 4) is 11.5 Å². The van der Waals surface area contributed by atoms with E-state index in [1.54, 1.807) is 14.2 Å². The van der Waals surface area contributed by atoms with Crippen molar-refractivity contribution in [1.29, 1.82) is 0 Å². The second-order valence-corrected chi connectivity index (χ2v) is 5.62. The van der Waals surface area contributed by atoms with Gasteiger partial charge >= 0.3 is 0 Å². The Morgan fingerprint density at radius 2 is 1.83 bits per heavy atom. The molecule has 0 aliphatic heterocycles. The third-order valence-corrected chi connectivity index (χ3v) is 3.92. The summed E-state index contributed by atoms with van der Waals surface area (Å²) < 4.78 is 10.6. The van der Waals surface area contributed by atoms with E-state index in [2.05, 4.69) is 11.0 Å². The Labute approximate surface area is 138 Å². The first-order valence-electron chi connectivity index (χ1n) is 7.76. The van der Waals surface area contributed by atoms with Gasteiger partial charge in [0.15, 0.2) is 0 Å². The molecule has 0 bridgehead atoms. The molecule has 1 unspecified atom stereocenters. The molecule has 4 nitrogen and oxygen atoms in total. The summed E-state index contributed by atoms with van der Waals surface area (Å²) in [6.07, 6.45) is 0.346. The summed E-state index contributed by atoms with van der Waals surface area (Å²) in [4.78, 5) is 2.12. The number of likely N-dealkylation sites (N-methyl/N-ethyl adjacent to an activating group) is 1. The normalized spacial score (nSPS) is 12.2. The number of aliphatic hydroxyl groups is 1. The first kappa shape index (κ1) is 17.3. The summed E-state index contributed by atoms with van der Waals surface area (Å²) in [5, 5.41) is 10.4. The molecule has 0 aromatic heterocycles. The fourth-order valence-corrected chi connectivity index (χ4v) is 2.56. The van der Waals surface area contributed by atoms with Gasteiger partial charge < -0.3 is 19.5 Å². The van der Waals surface area contributed by atoms with Crippen LogP contribution in [0.1, 0.15) is 17.2 Å². The number of ether oxygens (including phenoxy) is 2. The first-order chi connectivity index (χ1) is 11.1. The molecular formula is C19H25NO3. The topological polar surface area (TPSA) is 41.9 Å². The predicted molar refractivity (Wildman–Crippen MR) is 92.1 cm³/mol. The van der Waals surface area contributed by atoms with Gasteiger partial charge in [-0.15, -0.1) is 0 Å². The van der Waals surface area contributed by atoms with Crippen molar-refractivity contribution >= 4 is 0 Å². The smallest absolute Gasteiger partial charge is 0.122 e. The third-order valence-electron chi connectivity index (χ3n) is 3.92. The van der Waals surface area contributed by atoms with Crippen LogP contribution >= 0.6 is 0 Å². The second-order valence-electron chi connectivity index (χ2n) is 5.62. The molecule has 0 radical (unpaired) electrons. The predicted octanol–water partition coefficient (Wildman–Crippen LogP) is 2.91. The van der Waals surface area contributed by atoms with Gasteiger partial charge in [0.2, 0.25) is 0 Å². The van der Waals surface area contributed by atoms with Gasteiger partial charge in [-0.2, -0.15) is 0 Å². The fourth-order valence-electron chi connectivity index (χ4n) is 2.56. The molecule has 0 aliphatic carbocycles. The maximum absolute atomic E-state index is 10.4. The third kappa shape index (κ3) is 4.98. The van der Waals surface area contributed by atoms with Crippen molar-refractivity contribution in [3.05, 3.63) is 59.7 Å². The number of aliphatic hydroxyl groups excluding tert-OH is 1. The molecule has 0 saturated heterocycles. The fraction of sp³-hybridized carbons (Fsp3) is 0.368. The van der Waals surface area contributed by atoms with E-state index >= 15 is 0 Å². The Morgan fingerprint density at radius 1 is 1.04 bits per heavy atom. The lowest BCUT2D eigenvalue weighted by Gasteiger charge is -2.21. The first-order valence-corrected chi connectivity index (χ1v) is 7.76. The van der Waals surface area contributed by atoms with Gasteiger partial charge in [-0.1, -0.05) is 30.3 Å². The second kappa shape index (κ2) is 8.56. The average molecular weight is 315 g/mol. The van der Waals surface area contributed by atoms with Crippen molar-refractivity contribution in [3.63, 3.8) is 0 Å². The molecule has 1 N–H and O–H groups in total. The summed E-state index contributed by atoms with van der Waals surface area (Å²) in [6, 6.07) is 15.6. The molecule has 0 spiro atoms. The summed E-state index contributed by atoms with van der Waals surface area (Å²) >= 11 is 0. The number of nitrogens with zero attached hydrogens (tertiary/aromatic N) is 1. The monoisotopic (exact) mass is 315 g/mol. The lowest BCUT2D eigenvalue weighted by Crippen LogP contribution is -2.26. The van der Waals surface area contributed by atoms with Crippen molar-refractivity contribution < 1.29 is 14.6 Å². The summed E-state index contributed by atoms with van der Waals surface area (Å²) in [6.45, 7) is 1.42. The minimum Gasteiger partial charge on any atom is -0.497 e. The highest BCUT2D eigenvalue weighted by molar-refractivity contribution is 5.33. The number of hydrogen-bond donors (Lipinski definition) is 1. The van der Waals surface area contributed by atoms with E-state index in [1.807, 2.05) is 49.5 Å². The highest BCUT2D eigenvalue weighted by atomic mass is 16.5.